The molecule has 4 rings (SSSR count). The van der Waals surface area contributed by atoms with Crippen molar-refractivity contribution in [1.29, 1.82) is 0 Å². The molecule has 1 heterocycles. The summed E-state index contributed by atoms with van der Waals surface area (Å²) in [6, 6.07) is 11.5. The average Bonchev–Trinajstić information content (AvgIpc) is 3.11. The summed E-state index contributed by atoms with van der Waals surface area (Å²) in [5.41, 5.74) is 5.07. The minimum atomic E-state index is -0.897. The number of fused-ring (bicyclic) bond motifs is 3. The molecule has 2 N–H and O–H groups in total. The van der Waals surface area contributed by atoms with Crippen molar-refractivity contribution in [3.05, 3.63) is 70.8 Å². The lowest BCUT2D eigenvalue weighted by Crippen LogP contribution is -2.30. The second-order valence-electron chi connectivity index (χ2n) is 6.78. The van der Waals surface area contributed by atoms with Crippen LogP contribution in [0.4, 0.5) is 5.69 Å². The number of ether oxygens (including phenoxy) is 1. The van der Waals surface area contributed by atoms with E-state index >= 15 is 0 Å². The van der Waals surface area contributed by atoms with Crippen molar-refractivity contribution >= 4 is 11.7 Å². The van der Waals surface area contributed by atoms with Gasteiger partial charge in [-0.05, 0) is 54.2 Å². The third-order valence-electron chi connectivity index (χ3n) is 5.44. The zero-order valence-corrected chi connectivity index (χ0v) is 14.3. The summed E-state index contributed by atoms with van der Waals surface area (Å²) in [6.07, 6.45) is 5.57. The SMILES string of the molecule is COc1ccc(C)c2c1N[C@H](c1ccc(C(=O)O)cc1)[C@H]1CC=C[C@@H]21. The molecule has 2 aromatic carbocycles. The van der Waals surface area contributed by atoms with Gasteiger partial charge in [0.1, 0.15) is 5.75 Å². The van der Waals surface area contributed by atoms with Crippen LogP contribution in [0.3, 0.4) is 0 Å². The van der Waals surface area contributed by atoms with Crippen molar-refractivity contribution in [3.8, 4) is 5.75 Å². The fourth-order valence-corrected chi connectivity index (χ4v) is 4.20. The van der Waals surface area contributed by atoms with Crippen LogP contribution >= 0.6 is 0 Å². The minimum Gasteiger partial charge on any atom is -0.495 e. The molecule has 0 aromatic heterocycles. The number of carboxylic acid groups (broad SMARTS) is 1. The van der Waals surface area contributed by atoms with Crippen LogP contribution in [0, 0.1) is 12.8 Å². The highest BCUT2D eigenvalue weighted by molar-refractivity contribution is 5.87. The first-order valence-corrected chi connectivity index (χ1v) is 8.54. The summed E-state index contributed by atoms with van der Waals surface area (Å²) >= 11 is 0. The molecule has 0 saturated carbocycles. The van der Waals surface area contributed by atoms with Crippen LogP contribution in [-0.2, 0) is 0 Å². The van der Waals surface area contributed by atoms with E-state index in [0.717, 1.165) is 23.4 Å². The van der Waals surface area contributed by atoms with Crippen LogP contribution in [0.15, 0.2) is 48.6 Å². The smallest absolute Gasteiger partial charge is 0.335 e. The molecule has 0 unspecified atom stereocenters. The highest BCUT2D eigenvalue weighted by Crippen LogP contribution is 2.53. The summed E-state index contributed by atoms with van der Waals surface area (Å²) in [4.78, 5) is 11.1. The van der Waals surface area contributed by atoms with Crippen LogP contribution in [0.1, 0.15) is 45.4 Å². The number of hydrogen-bond acceptors (Lipinski definition) is 3. The number of carboxylic acids is 1. The van der Waals surface area contributed by atoms with Crippen LogP contribution in [0.25, 0.3) is 0 Å². The summed E-state index contributed by atoms with van der Waals surface area (Å²) in [5, 5.41) is 12.8. The first-order valence-electron chi connectivity index (χ1n) is 8.54. The first kappa shape index (κ1) is 15.8. The second-order valence-corrected chi connectivity index (χ2v) is 6.78. The molecule has 1 aliphatic heterocycles. The molecule has 25 heavy (non-hydrogen) atoms. The third-order valence-corrected chi connectivity index (χ3v) is 5.44. The Kier molecular flexibility index (Phi) is 3.75. The number of anilines is 1. The molecular formula is C21H21NO3. The Morgan fingerprint density at radius 3 is 2.64 bits per heavy atom. The van der Waals surface area contributed by atoms with Gasteiger partial charge in [-0.2, -0.15) is 0 Å². The normalized spacial score (nSPS) is 23.5. The molecule has 3 atom stereocenters. The van der Waals surface area contributed by atoms with Crippen LogP contribution < -0.4 is 10.1 Å². The Labute approximate surface area is 147 Å². The van der Waals surface area contributed by atoms with Gasteiger partial charge < -0.3 is 15.2 Å². The standard InChI is InChI=1S/C21H21NO3/c1-12-6-11-17(25-2)20-18(12)15-4-3-5-16(15)19(22-20)13-7-9-14(10-8-13)21(23)24/h3-4,6-11,15-16,19,22H,5H2,1-2H3,(H,23,24)/t15-,16+,19-/m1/s1. The fraction of sp³-hybridized carbons (Fsp3) is 0.286. The maximum Gasteiger partial charge on any atom is 0.335 e. The maximum absolute atomic E-state index is 11.1. The van der Waals surface area contributed by atoms with Crippen LogP contribution in [0.5, 0.6) is 5.75 Å². The number of benzene rings is 2. The summed E-state index contributed by atoms with van der Waals surface area (Å²) in [6.45, 7) is 2.14. The van der Waals surface area contributed by atoms with Crippen molar-refractivity contribution < 1.29 is 14.6 Å². The number of nitrogens with one attached hydrogen (secondary N) is 1. The van der Waals surface area contributed by atoms with Crippen molar-refractivity contribution in [3.63, 3.8) is 0 Å². The predicted octanol–water partition coefficient (Wildman–Crippen LogP) is 4.53. The third kappa shape index (κ3) is 2.49. The maximum atomic E-state index is 11.1. The van der Waals surface area contributed by atoms with Gasteiger partial charge >= 0.3 is 5.97 Å². The Morgan fingerprint density at radius 2 is 1.96 bits per heavy atom. The largest absolute Gasteiger partial charge is 0.495 e. The molecule has 2 aromatic rings. The van der Waals surface area contributed by atoms with Crippen LogP contribution in [0.2, 0.25) is 0 Å². The number of rotatable bonds is 3. The number of carbonyl (C=O) groups is 1. The van der Waals surface area contributed by atoms with Gasteiger partial charge in [0.15, 0.2) is 0 Å². The summed E-state index contributed by atoms with van der Waals surface area (Å²) in [7, 11) is 1.69. The topological polar surface area (TPSA) is 58.6 Å². The van der Waals surface area contributed by atoms with E-state index < -0.39 is 5.97 Å². The zero-order valence-electron chi connectivity index (χ0n) is 14.3. The van der Waals surface area contributed by atoms with E-state index in [2.05, 4.69) is 30.5 Å². The molecule has 0 amide bonds. The van der Waals surface area contributed by atoms with E-state index in [9.17, 15) is 4.79 Å². The van der Waals surface area contributed by atoms with E-state index in [1.54, 1.807) is 19.2 Å². The van der Waals surface area contributed by atoms with Crippen molar-refractivity contribution in [2.75, 3.05) is 12.4 Å². The van der Waals surface area contributed by atoms with E-state index in [1.165, 1.54) is 11.1 Å². The number of aryl methyl sites for hydroxylation is 1. The summed E-state index contributed by atoms with van der Waals surface area (Å²) < 4.78 is 5.59. The quantitative estimate of drug-likeness (QED) is 0.809. The minimum absolute atomic E-state index is 0.131. The molecule has 4 heteroatoms. The Morgan fingerprint density at radius 1 is 1.20 bits per heavy atom. The summed E-state index contributed by atoms with van der Waals surface area (Å²) in [5.74, 6) is 0.738. The van der Waals surface area contributed by atoms with Gasteiger partial charge in [0.25, 0.3) is 0 Å². The Hall–Kier alpha value is -2.75. The predicted molar refractivity (Wildman–Crippen MR) is 97.5 cm³/mol. The van der Waals surface area contributed by atoms with Gasteiger partial charge in [-0.15, -0.1) is 0 Å². The van der Waals surface area contributed by atoms with Crippen molar-refractivity contribution in [2.45, 2.75) is 25.3 Å². The fourth-order valence-electron chi connectivity index (χ4n) is 4.20. The van der Waals surface area contributed by atoms with Crippen molar-refractivity contribution in [1.82, 2.24) is 0 Å². The molecule has 4 nitrogen and oxygen atoms in total. The molecule has 128 valence electrons. The second kappa shape index (κ2) is 5.96. The average molecular weight is 335 g/mol. The highest BCUT2D eigenvalue weighted by atomic mass is 16.5. The van der Waals surface area contributed by atoms with Gasteiger partial charge in [0.2, 0.25) is 0 Å². The number of hydrogen-bond donors (Lipinski definition) is 2. The Bertz CT molecular complexity index is 854. The number of methoxy groups -OCH3 is 1. The lowest BCUT2D eigenvalue weighted by Gasteiger charge is -2.39. The van der Waals surface area contributed by atoms with E-state index in [4.69, 9.17) is 9.84 Å². The molecule has 0 radical (unpaired) electrons. The van der Waals surface area contributed by atoms with Gasteiger partial charge in [-0.3, -0.25) is 0 Å². The van der Waals surface area contributed by atoms with Gasteiger partial charge in [0, 0.05) is 5.92 Å². The lowest BCUT2D eigenvalue weighted by molar-refractivity contribution is 0.0697. The molecule has 2 aliphatic rings. The lowest BCUT2D eigenvalue weighted by atomic mass is 9.75. The van der Waals surface area contributed by atoms with Crippen LogP contribution in [-0.4, -0.2) is 18.2 Å². The number of aromatic carboxylic acids is 1. The van der Waals surface area contributed by atoms with Gasteiger partial charge in [-0.1, -0.05) is 30.4 Å². The highest BCUT2D eigenvalue weighted by Gasteiger charge is 2.39. The zero-order chi connectivity index (χ0) is 17.6. The molecule has 0 saturated heterocycles. The molecule has 1 aliphatic carbocycles. The van der Waals surface area contributed by atoms with E-state index in [0.29, 0.717) is 17.4 Å². The molecular weight excluding hydrogens is 314 g/mol. The Balaban J connectivity index is 1.79. The molecule has 0 bridgehead atoms. The van der Waals surface area contributed by atoms with Gasteiger partial charge in [-0.25, -0.2) is 4.79 Å². The van der Waals surface area contributed by atoms with E-state index in [1.807, 2.05) is 18.2 Å². The van der Waals surface area contributed by atoms with Gasteiger partial charge in [0.05, 0.1) is 24.4 Å². The monoisotopic (exact) mass is 335 g/mol. The first-order chi connectivity index (χ1) is 12.1. The molecule has 0 spiro atoms. The molecule has 0 fully saturated rings. The van der Waals surface area contributed by atoms with E-state index in [-0.39, 0.29) is 6.04 Å². The van der Waals surface area contributed by atoms with Crippen molar-refractivity contribution in [2.24, 2.45) is 5.92 Å². The number of allylic oxidation sites excluding steroid dienone is 2.